The number of benzene rings is 1. The van der Waals surface area contributed by atoms with Gasteiger partial charge in [-0.3, -0.25) is 0 Å². The molecule has 1 N–H and O–H groups in total. The smallest absolute Gasteiger partial charge is 0.0701 e. The standard InChI is InChI=1S/C17H26N2O2/c1-3-7-18-14-15-4-5-17-16(13-15)6-8-19(17)9-10-21-12-11-20-2/h4-6,8,13,18H,3,7,9-12,14H2,1-2H3. The van der Waals surface area contributed by atoms with Crippen molar-refractivity contribution in [3.8, 4) is 0 Å². The van der Waals surface area contributed by atoms with Gasteiger partial charge in [-0.05, 0) is 42.1 Å². The molecule has 0 amide bonds. The zero-order valence-corrected chi connectivity index (χ0v) is 13.1. The Hall–Kier alpha value is -1.36. The lowest BCUT2D eigenvalue weighted by atomic mass is 10.1. The first kappa shape index (κ1) is 16.0. The van der Waals surface area contributed by atoms with E-state index in [0.29, 0.717) is 19.8 Å². The van der Waals surface area contributed by atoms with Crippen molar-refractivity contribution in [3.05, 3.63) is 36.0 Å². The number of hydrogen-bond acceptors (Lipinski definition) is 3. The minimum Gasteiger partial charge on any atom is -0.382 e. The number of aromatic nitrogens is 1. The van der Waals surface area contributed by atoms with Crippen LogP contribution in [0.1, 0.15) is 18.9 Å². The molecule has 1 heterocycles. The summed E-state index contributed by atoms with van der Waals surface area (Å²) in [6, 6.07) is 8.84. The average Bonchev–Trinajstić information content (AvgIpc) is 2.90. The predicted molar refractivity (Wildman–Crippen MR) is 86.6 cm³/mol. The number of ether oxygens (including phenoxy) is 2. The maximum absolute atomic E-state index is 5.53. The van der Waals surface area contributed by atoms with Crippen LogP contribution in [-0.4, -0.2) is 38.0 Å². The monoisotopic (exact) mass is 290 g/mol. The average molecular weight is 290 g/mol. The first-order valence-corrected chi connectivity index (χ1v) is 7.70. The molecule has 0 saturated carbocycles. The molecule has 4 nitrogen and oxygen atoms in total. The van der Waals surface area contributed by atoms with Gasteiger partial charge < -0.3 is 19.4 Å². The van der Waals surface area contributed by atoms with Gasteiger partial charge in [0.2, 0.25) is 0 Å². The number of hydrogen-bond donors (Lipinski definition) is 1. The molecule has 0 unspecified atom stereocenters. The van der Waals surface area contributed by atoms with E-state index in [0.717, 1.165) is 19.6 Å². The molecule has 116 valence electrons. The highest BCUT2D eigenvalue weighted by Gasteiger charge is 2.02. The van der Waals surface area contributed by atoms with Crippen LogP contribution in [0.5, 0.6) is 0 Å². The van der Waals surface area contributed by atoms with Crippen LogP contribution in [0.25, 0.3) is 10.9 Å². The van der Waals surface area contributed by atoms with Crippen LogP contribution in [-0.2, 0) is 22.6 Å². The maximum Gasteiger partial charge on any atom is 0.0701 e. The van der Waals surface area contributed by atoms with Crippen LogP contribution >= 0.6 is 0 Å². The minimum atomic E-state index is 0.653. The fourth-order valence-electron chi connectivity index (χ4n) is 2.37. The van der Waals surface area contributed by atoms with Gasteiger partial charge in [-0.2, -0.15) is 0 Å². The Morgan fingerprint density at radius 1 is 1.14 bits per heavy atom. The summed E-state index contributed by atoms with van der Waals surface area (Å²) >= 11 is 0. The molecule has 0 aliphatic rings. The molecule has 1 aromatic carbocycles. The normalized spacial score (nSPS) is 11.3. The van der Waals surface area contributed by atoms with Crippen LogP contribution < -0.4 is 5.32 Å². The van der Waals surface area contributed by atoms with Gasteiger partial charge in [0.15, 0.2) is 0 Å². The van der Waals surface area contributed by atoms with Gasteiger partial charge in [0, 0.05) is 31.9 Å². The Labute approximate surface area is 127 Å². The molecular formula is C17H26N2O2. The van der Waals surface area contributed by atoms with Gasteiger partial charge in [-0.15, -0.1) is 0 Å². The molecular weight excluding hydrogens is 264 g/mol. The highest BCUT2D eigenvalue weighted by molar-refractivity contribution is 5.80. The second kappa shape index (κ2) is 8.82. The fourth-order valence-corrected chi connectivity index (χ4v) is 2.37. The Bertz CT molecular complexity index is 537. The van der Waals surface area contributed by atoms with Crippen molar-refractivity contribution >= 4 is 10.9 Å². The maximum atomic E-state index is 5.53. The van der Waals surface area contributed by atoms with Crippen LogP contribution in [0.2, 0.25) is 0 Å². The predicted octanol–water partition coefficient (Wildman–Crippen LogP) is 2.80. The molecule has 0 saturated heterocycles. The lowest BCUT2D eigenvalue weighted by Crippen LogP contribution is -2.13. The summed E-state index contributed by atoms with van der Waals surface area (Å²) in [4.78, 5) is 0. The van der Waals surface area contributed by atoms with Gasteiger partial charge in [-0.1, -0.05) is 13.0 Å². The van der Waals surface area contributed by atoms with Gasteiger partial charge in [0.1, 0.15) is 0 Å². The van der Waals surface area contributed by atoms with E-state index in [1.807, 2.05) is 0 Å². The van der Waals surface area contributed by atoms with E-state index in [1.54, 1.807) is 7.11 Å². The summed E-state index contributed by atoms with van der Waals surface area (Å²) in [7, 11) is 1.69. The topological polar surface area (TPSA) is 35.4 Å². The van der Waals surface area contributed by atoms with Gasteiger partial charge in [-0.25, -0.2) is 0 Å². The van der Waals surface area contributed by atoms with Crippen molar-refractivity contribution in [1.82, 2.24) is 9.88 Å². The Balaban J connectivity index is 1.90. The molecule has 0 fully saturated rings. The second-order valence-electron chi connectivity index (χ2n) is 5.18. The van der Waals surface area contributed by atoms with Gasteiger partial charge in [0.25, 0.3) is 0 Å². The van der Waals surface area contributed by atoms with Crippen molar-refractivity contribution in [2.45, 2.75) is 26.4 Å². The number of nitrogens with one attached hydrogen (secondary N) is 1. The molecule has 2 rings (SSSR count). The van der Waals surface area contributed by atoms with Crippen molar-refractivity contribution < 1.29 is 9.47 Å². The summed E-state index contributed by atoms with van der Waals surface area (Å²) in [6.07, 6.45) is 3.30. The zero-order valence-electron chi connectivity index (χ0n) is 13.1. The van der Waals surface area contributed by atoms with Crippen molar-refractivity contribution in [1.29, 1.82) is 0 Å². The molecule has 0 atom stereocenters. The van der Waals surface area contributed by atoms with Crippen LogP contribution in [0.4, 0.5) is 0 Å². The van der Waals surface area contributed by atoms with Gasteiger partial charge >= 0.3 is 0 Å². The first-order chi connectivity index (χ1) is 10.3. The number of nitrogens with zero attached hydrogens (tertiary/aromatic N) is 1. The number of methoxy groups -OCH3 is 1. The largest absolute Gasteiger partial charge is 0.382 e. The first-order valence-electron chi connectivity index (χ1n) is 7.70. The minimum absolute atomic E-state index is 0.653. The molecule has 0 radical (unpaired) electrons. The Morgan fingerprint density at radius 2 is 2.05 bits per heavy atom. The lowest BCUT2D eigenvalue weighted by molar-refractivity contribution is 0.0670. The Kier molecular flexibility index (Phi) is 6.73. The molecule has 0 bridgehead atoms. The van der Waals surface area contributed by atoms with E-state index in [1.165, 1.54) is 22.9 Å². The zero-order chi connectivity index (χ0) is 14.9. The van der Waals surface area contributed by atoms with E-state index in [-0.39, 0.29) is 0 Å². The summed E-state index contributed by atoms with van der Waals surface area (Å²) in [5.41, 5.74) is 2.61. The second-order valence-corrected chi connectivity index (χ2v) is 5.18. The van der Waals surface area contributed by atoms with E-state index >= 15 is 0 Å². The molecule has 0 spiro atoms. The third-order valence-electron chi connectivity index (χ3n) is 3.50. The fraction of sp³-hybridized carbons (Fsp3) is 0.529. The molecule has 0 aliphatic carbocycles. The molecule has 2 aromatic rings. The molecule has 1 aromatic heterocycles. The van der Waals surface area contributed by atoms with Crippen LogP contribution in [0.3, 0.4) is 0 Å². The summed E-state index contributed by atoms with van der Waals surface area (Å²) < 4.78 is 12.7. The molecule has 4 heteroatoms. The SMILES string of the molecule is CCCNCc1ccc2c(ccn2CCOCCOC)c1. The summed E-state index contributed by atoms with van der Waals surface area (Å²) in [6.45, 7) is 7.09. The van der Waals surface area contributed by atoms with E-state index in [9.17, 15) is 0 Å². The summed E-state index contributed by atoms with van der Waals surface area (Å²) in [5.74, 6) is 0. The molecule has 0 aliphatic heterocycles. The quantitative estimate of drug-likeness (QED) is 0.683. The van der Waals surface area contributed by atoms with Crippen LogP contribution in [0.15, 0.2) is 30.5 Å². The van der Waals surface area contributed by atoms with Crippen molar-refractivity contribution in [2.24, 2.45) is 0 Å². The number of rotatable bonds is 10. The summed E-state index contributed by atoms with van der Waals surface area (Å²) in [5, 5.41) is 4.73. The van der Waals surface area contributed by atoms with Crippen LogP contribution in [0, 0.1) is 0 Å². The third kappa shape index (κ3) is 4.84. The highest BCUT2D eigenvalue weighted by Crippen LogP contribution is 2.17. The Morgan fingerprint density at radius 3 is 2.86 bits per heavy atom. The van der Waals surface area contributed by atoms with E-state index in [2.05, 4.69) is 47.3 Å². The highest BCUT2D eigenvalue weighted by atomic mass is 16.5. The van der Waals surface area contributed by atoms with Crippen molar-refractivity contribution in [3.63, 3.8) is 0 Å². The number of fused-ring (bicyclic) bond motifs is 1. The third-order valence-corrected chi connectivity index (χ3v) is 3.50. The van der Waals surface area contributed by atoms with Crippen molar-refractivity contribution in [2.75, 3.05) is 33.5 Å². The van der Waals surface area contributed by atoms with E-state index in [4.69, 9.17) is 9.47 Å². The van der Waals surface area contributed by atoms with Gasteiger partial charge in [0.05, 0.1) is 19.8 Å². The molecule has 21 heavy (non-hydrogen) atoms. The lowest BCUT2D eigenvalue weighted by Gasteiger charge is -2.08. The van der Waals surface area contributed by atoms with E-state index < -0.39 is 0 Å².